The van der Waals surface area contributed by atoms with Crippen LogP contribution in [0.5, 0.6) is 0 Å². The number of ether oxygens (including phenoxy) is 9. The third-order valence-electron chi connectivity index (χ3n) is 3.12. The molecule has 0 atom stereocenters. The third-order valence-corrected chi connectivity index (χ3v) is 3.12. The summed E-state index contributed by atoms with van der Waals surface area (Å²) in [6, 6.07) is 0. The predicted octanol–water partition coefficient (Wildman–Crippen LogP) is 0.761. The Kier molecular flexibility index (Phi) is 26.0. The van der Waals surface area contributed by atoms with Gasteiger partial charge in [0.15, 0.2) is 0 Å². The molecule has 0 amide bonds. The smallest absolute Gasteiger partial charge is 0.213 e. The maximum absolute atomic E-state index is 5.40. The Morgan fingerprint density at radius 3 is 0.786 bits per heavy atom. The van der Waals surface area contributed by atoms with E-state index >= 15 is 0 Å². The second-order valence-electron chi connectivity index (χ2n) is 5.31. The van der Waals surface area contributed by atoms with E-state index in [1.54, 1.807) is 0 Å². The Morgan fingerprint density at radius 1 is 0.357 bits per heavy atom. The molecule has 0 aliphatic carbocycles. The molecule has 9 nitrogen and oxygen atoms in total. The minimum atomic E-state index is 0.466. The Morgan fingerprint density at radius 2 is 0.571 bits per heavy atom. The van der Waals surface area contributed by atoms with Crippen molar-refractivity contribution in [2.24, 2.45) is 0 Å². The molecule has 0 radical (unpaired) electrons. The molecule has 0 fully saturated rings. The van der Waals surface area contributed by atoms with Crippen LogP contribution in [0, 0.1) is 14.0 Å². The standard InChI is InChI=1S/C19H38O9/c1-3-21-6-7-23-10-11-25-14-15-27-18-19-28-17-16-26-13-12-24-9-8-22-5-4-20-2/h1-19H2. The van der Waals surface area contributed by atoms with Crippen molar-refractivity contribution in [2.45, 2.75) is 0 Å². The van der Waals surface area contributed by atoms with Gasteiger partial charge in [-0.05, 0) is 0 Å². The van der Waals surface area contributed by atoms with Gasteiger partial charge in [0.25, 0.3) is 0 Å². The summed E-state index contributed by atoms with van der Waals surface area (Å²) in [4.78, 5) is 0. The Labute approximate surface area is 169 Å². The molecule has 0 unspecified atom stereocenters. The number of hydrogen-bond donors (Lipinski definition) is 0. The Hall–Kier alpha value is -0.490. The normalized spacial score (nSPS) is 11.3. The minimum absolute atomic E-state index is 0.466. The van der Waals surface area contributed by atoms with Crippen molar-refractivity contribution in [3.05, 3.63) is 14.0 Å². The van der Waals surface area contributed by atoms with Crippen LogP contribution in [0.3, 0.4) is 0 Å². The first kappa shape index (κ1) is 27.5. The molecule has 0 heterocycles. The molecule has 0 N–H and O–H groups in total. The van der Waals surface area contributed by atoms with Gasteiger partial charge in [0.2, 0.25) is 7.11 Å². The fraction of sp³-hybridized carbons (Fsp3) is 0.895. The van der Waals surface area contributed by atoms with E-state index in [2.05, 4.69) is 18.8 Å². The monoisotopic (exact) mass is 410 g/mol. The summed E-state index contributed by atoms with van der Waals surface area (Å²) < 4.78 is 47.1. The topological polar surface area (TPSA) is 83.1 Å². The zero-order valence-corrected chi connectivity index (χ0v) is 17.1. The molecule has 0 bridgehead atoms. The van der Waals surface area contributed by atoms with Crippen LogP contribution in [0.4, 0.5) is 0 Å². The zero-order valence-electron chi connectivity index (χ0n) is 17.1. The van der Waals surface area contributed by atoms with Crippen molar-refractivity contribution in [1.82, 2.24) is 0 Å². The Bertz CT molecular complexity index is 244. The van der Waals surface area contributed by atoms with Crippen molar-refractivity contribution < 1.29 is 42.6 Å². The number of rotatable bonds is 25. The van der Waals surface area contributed by atoms with E-state index in [0.717, 1.165) is 0 Å². The van der Waals surface area contributed by atoms with Crippen molar-refractivity contribution in [2.75, 3.05) is 112 Å². The predicted molar refractivity (Wildman–Crippen MR) is 103 cm³/mol. The summed E-state index contributed by atoms with van der Waals surface area (Å²) in [6.07, 6.45) is 0. The molecular formula is C19H38O9. The van der Waals surface area contributed by atoms with Crippen molar-refractivity contribution in [3.8, 4) is 0 Å². The lowest BCUT2D eigenvalue weighted by molar-refractivity contribution is -0.0235. The summed E-state index contributed by atoms with van der Waals surface area (Å²) in [6.45, 7) is 12.6. The molecule has 0 aromatic carbocycles. The van der Waals surface area contributed by atoms with E-state index in [1.807, 2.05) is 0 Å². The lowest BCUT2D eigenvalue weighted by Gasteiger charge is -2.08. The fourth-order valence-corrected chi connectivity index (χ4v) is 1.76. The molecule has 0 aliphatic rings. The molecule has 168 valence electrons. The average Bonchev–Trinajstić information content (AvgIpc) is 2.71. The molecule has 0 aromatic rings. The highest BCUT2D eigenvalue weighted by atomic mass is 16.6. The van der Waals surface area contributed by atoms with Gasteiger partial charge in [-0.1, -0.05) is 6.61 Å². The molecule has 0 saturated heterocycles. The largest absolute Gasteiger partial charge is 0.411 e. The zero-order chi connectivity index (χ0) is 20.4. The van der Waals surface area contributed by atoms with Gasteiger partial charge < -0.3 is 44.8 Å². The van der Waals surface area contributed by atoms with Crippen LogP contribution in [-0.2, 0) is 42.6 Å². The molecule has 0 aromatic heterocycles. The van der Waals surface area contributed by atoms with E-state index in [4.69, 9.17) is 37.9 Å². The molecule has 0 saturated carbocycles. The van der Waals surface area contributed by atoms with E-state index < -0.39 is 0 Å². The van der Waals surface area contributed by atoms with Crippen molar-refractivity contribution in [1.29, 1.82) is 0 Å². The van der Waals surface area contributed by atoms with Gasteiger partial charge in [-0.3, -0.25) is 0 Å². The minimum Gasteiger partial charge on any atom is -0.411 e. The van der Waals surface area contributed by atoms with Crippen molar-refractivity contribution in [3.63, 3.8) is 0 Å². The van der Waals surface area contributed by atoms with Crippen LogP contribution in [0.25, 0.3) is 0 Å². The van der Waals surface area contributed by atoms with E-state index in [0.29, 0.717) is 112 Å². The summed E-state index contributed by atoms with van der Waals surface area (Å²) >= 11 is 0. The van der Waals surface area contributed by atoms with Gasteiger partial charge in [-0.15, -0.1) is 0 Å². The van der Waals surface area contributed by atoms with Crippen LogP contribution in [0.1, 0.15) is 0 Å². The second kappa shape index (κ2) is 26.5. The third kappa shape index (κ3) is 25.5. The van der Waals surface area contributed by atoms with Crippen LogP contribution < -0.4 is 0 Å². The highest BCUT2D eigenvalue weighted by Crippen LogP contribution is 1.85. The summed E-state index contributed by atoms with van der Waals surface area (Å²) in [7, 11) is 3.26. The molecule has 0 spiro atoms. The maximum atomic E-state index is 5.40. The second-order valence-corrected chi connectivity index (χ2v) is 5.31. The first-order valence-corrected chi connectivity index (χ1v) is 9.70. The van der Waals surface area contributed by atoms with Crippen LogP contribution in [0.2, 0.25) is 0 Å². The molecule has 28 heavy (non-hydrogen) atoms. The maximum Gasteiger partial charge on any atom is 0.213 e. The van der Waals surface area contributed by atoms with Gasteiger partial charge in [-0.2, -0.15) is 4.74 Å². The van der Waals surface area contributed by atoms with Crippen LogP contribution in [0.15, 0.2) is 0 Å². The first-order chi connectivity index (χ1) is 13.9. The van der Waals surface area contributed by atoms with Crippen LogP contribution >= 0.6 is 0 Å². The summed E-state index contributed by atoms with van der Waals surface area (Å²) in [5, 5.41) is 0. The van der Waals surface area contributed by atoms with Gasteiger partial charge in [-0.25, -0.2) is 0 Å². The summed E-state index contributed by atoms with van der Waals surface area (Å²) in [5.41, 5.74) is 0. The van der Waals surface area contributed by atoms with E-state index in [1.165, 1.54) is 0 Å². The van der Waals surface area contributed by atoms with Crippen LogP contribution in [-0.4, -0.2) is 112 Å². The van der Waals surface area contributed by atoms with Crippen molar-refractivity contribution >= 4 is 0 Å². The number of hydrogen-bond acceptors (Lipinski definition) is 9. The highest BCUT2D eigenvalue weighted by molar-refractivity contribution is 4.38. The van der Waals surface area contributed by atoms with Gasteiger partial charge >= 0.3 is 0 Å². The quantitative estimate of drug-likeness (QED) is 0.160. The average molecular weight is 411 g/mol. The first-order valence-electron chi connectivity index (χ1n) is 9.70. The lowest BCUT2D eigenvalue weighted by Crippen LogP contribution is -2.15. The molecule has 0 rings (SSSR count). The van der Waals surface area contributed by atoms with Gasteiger partial charge in [0, 0.05) is 0 Å². The SMILES string of the molecule is [CH2+]OCCOCCOCCOCCOCCOCCOCCOCCOC[CH2-]. The highest BCUT2D eigenvalue weighted by Gasteiger charge is 1.95. The van der Waals surface area contributed by atoms with E-state index in [9.17, 15) is 0 Å². The summed E-state index contributed by atoms with van der Waals surface area (Å²) in [5.74, 6) is 0. The molecule has 9 heteroatoms. The molecule has 0 aliphatic heterocycles. The van der Waals surface area contributed by atoms with Gasteiger partial charge in [0.05, 0.1) is 99.1 Å². The molecular weight excluding hydrogens is 372 g/mol. The lowest BCUT2D eigenvalue weighted by atomic mass is 10.6. The fourth-order valence-electron chi connectivity index (χ4n) is 1.76. The van der Waals surface area contributed by atoms with E-state index in [-0.39, 0.29) is 0 Å². The van der Waals surface area contributed by atoms with Gasteiger partial charge in [0.1, 0.15) is 6.61 Å². The Balaban J connectivity index is 2.96.